The summed E-state index contributed by atoms with van der Waals surface area (Å²) in [6.07, 6.45) is 0. The van der Waals surface area contributed by atoms with E-state index in [4.69, 9.17) is 0 Å². The topological polar surface area (TPSA) is 12.0 Å². The van der Waals surface area contributed by atoms with Crippen molar-refractivity contribution in [2.45, 2.75) is 19.5 Å². The van der Waals surface area contributed by atoms with Crippen LogP contribution in [-0.4, -0.2) is 0 Å². The van der Waals surface area contributed by atoms with Gasteiger partial charge < -0.3 is 5.32 Å². The Morgan fingerprint density at radius 2 is 1.94 bits per heavy atom. The van der Waals surface area contributed by atoms with E-state index >= 15 is 0 Å². The van der Waals surface area contributed by atoms with E-state index < -0.39 is 0 Å². The Morgan fingerprint density at radius 3 is 2.67 bits per heavy atom. The summed E-state index contributed by atoms with van der Waals surface area (Å²) in [7, 11) is 0. The van der Waals surface area contributed by atoms with Crippen LogP contribution in [-0.2, 0) is 6.54 Å². The first-order valence-electron chi connectivity index (χ1n) is 5.89. The van der Waals surface area contributed by atoms with Gasteiger partial charge in [-0.1, -0.05) is 46.3 Å². The highest BCUT2D eigenvalue weighted by Crippen LogP contribution is 2.18. The van der Waals surface area contributed by atoms with Crippen LogP contribution < -0.4 is 5.32 Å². The van der Waals surface area contributed by atoms with Crippen molar-refractivity contribution < 1.29 is 4.39 Å². The first-order valence-corrected chi connectivity index (χ1v) is 6.68. The summed E-state index contributed by atoms with van der Waals surface area (Å²) in [5.74, 6) is -0.161. The van der Waals surface area contributed by atoms with Crippen LogP contribution in [0.4, 0.5) is 4.39 Å². The molecule has 0 heterocycles. The highest BCUT2D eigenvalue weighted by molar-refractivity contribution is 9.10. The molecule has 1 N–H and O–H groups in total. The highest BCUT2D eigenvalue weighted by atomic mass is 79.9. The van der Waals surface area contributed by atoms with E-state index in [1.807, 2.05) is 18.2 Å². The standard InChI is InChI=1S/C15H15BrFN/c1-11(12-6-4-7-14(16)9-12)18-10-13-5-2-3-8-15(13)17/h2-9,11,18H,10H2,1H3/t11-/m0/s1. The molecule has 1 atom stereocenters. The van der Waals surface area contributed by atoms with Crippen LogP contribution in [0.2, 0.25) is 0 Å². The van der Waals surface area contributed by atoms with Crippen molar-refractivity contribution in [2.75, 3.05) is 0 Å². The van der Waals surface area contributed by atoms with Crippen molar-refractivity contribution >= 4 is 15.9 Å². The molecule has 0 amide bonds. The van der Waals surface area contributed by atoms with Gasteiger partial charge in [0.05, 0.1) is 0 Å². The minimum Gasteiger partial charge on any atom is -0.306 e. The predicted octanol–water partition coefficient (Wildman–Crippen LogP) is 4.44. The van der Waals surface area contributed by atoms with Gasteiger partial charge in [-0.2, -0.15) is 0 Å². The SMILES string of the molecule is C[C@H](NCc1ccccc1F)c1cccc(Br)c1. The van der Waals surface area contributed by atoms with E-state index in [-0.39, 0.29) is 11.9 Å². The first-order chi connectivity index (χ1) is 8.66. The van der Waals surface area contributed by atoms with Gasteiger partial charge in [-0.05, 0) is 30.7 Å². The minimum absolute atomic E-state index is 0.161. The van der Waals surface area contributed by atoms with Crippen LogP contribution in [0.15, 0.2) is 53.0 Å². The summed E-state index contributed by atoms with van der Waals surface area (Å²) in [5.41, 5.74) is 1.88. The average molecular weight is 308 g/mol. The molecule has 0 radical (unpaired) electrons. The van der Waals surface area contributed by atoms with Crippen molar-refractivity contribution in [3.63, 3.8) is 0 Å². The molecule has 2 aromatic rings. The van der Waals surface area contributed by atoms with Crippen LogP contribution in [0.3, 0.4) is 0 Å². The van der Waals surface area contributed by atoms with E-state index in [1.165, 1.54) is 11.6 Å². The molecule has 0 aliphatic carbocycles. The maximum absolute atomic E-state index is 13.5. The van der Waals surface area contributed by atoms with Crippen LogP contribution in [0.1, 0.15) is 24.1 Å². The molecular formula is C15H15BrFN. The largest absolute Gasteiger partial charge is 0.306 e. The van der Waals surface area contributed by atoms with Gasteiger partial charge in [0.25, 0.3) is 0 Å². The molecule has 0 spiro atoms. The van der Waals surface area contributed by atoms with Crippen molar-refractivity contribution in [3.8, 4) is 0 Å². The fourth-order valence-electron chi connectivity index (χ4n) is 1.80. The van der Waals surface area contributed by atoms with Crippen LogP contribution in [0.5, 0.6) is 0 Å². The Bertz CT molecular complexity index is 527. The summed E-state index contributed by atoms with van der Waals surface area (Å²) in [6, 6.07) is 15.1. The third-order valence-electron chi connectivity index (χ3n) is 2.91. The lowest BCUT2D eigenvalue weighted by Crippen LogP contribution is -2.18. The average Bonchev–Trinajstić information content (AvgIpc) is 2.37. The van der Waals surface area contributed by atoms with Crippen LogP contribution in [0, 0.1) is 5.82 Å². The zero-order valence-corrected chi connectivity index (χ0v) is 11.7. The molecule has 0 aliphatic heterocycles. The second-order valence-electron chi connectivity index (χ2n) is 4.25. The van der Waals surface area contributed by atoms with Crippen molar-refractivity contribution in [1.29, 1.82) is 0 Å². The van der Waals surface area contributed by atoms with Crippen LogP contribution >= 0.6 is 15.9 Å². The zero-order valence-electron chi connectivity index (χ0n) is 10.2. The van der Waals surface area contributed by atoms with Crippen molar-refractivity contribution in [3.05, 3.63) is 69.9 Å². The third-order valence-corrected chi connectivity index (χ3v) is 3.40. The summed E-state index contributed by atoms with van der Waals surface area (Å²) >= 11 is 3.45. The van der Waals surface area contributed by atoms with Gasteiger partial charge in [-0.3, -0.25) is 0 Å². The summed E-state index contributed by atoms with van der Waals surface area (Å²) in [5, 5.41) is 3.32. The molecule has 18 heavy (non-hydrogen) atoms. The Morgan fingerprint density at radius 1 is 1.17 bits per heavy atom. The van der Waals surface area contributed by atoms with E-state index in [2.05, 4.69) is 40.3 Å². The Labute approximate surface area is 115 Å². The van der Waals surface area contributed by atoms with Gasteiger partial charge in [0, 0.05) is 22.6 Å². The Hall–Kier alpha value is -1.19. The molecule has 2 rings (SSSR count). The maximum Gasteiger partial charge on any atom is 0.127 e. The molecule has 0 unspecified atom stereocenters. The molecule has 94 valence electrons. The van der Waals surface area contributed by atoms with E-state index in [1.54, 1.807) is 12.1 Å². The molecule has 0 aromatic heterocycles. The van der Waals surface area contributed by atoms with Gasteiger partial charge in [0.15, 0.2) is 0 Å². The molecule has 0 bridgehead atoms. The van der Waals surface area contributed by atoms with Gasteiger partial charge in [0.2, 0.25) is 0 Å². The van der Waals surface area contributed by atoms with Crippen LogP contribution in [0.25, 0.3) is 0 Å². The van der Waals surface area contributed by atoms with Crippen molar-refractivity contribution in [1.82, 2.24) is 5.32 Å². The highest BCUT2D eigenvalue weighted by Gasteiger charge is 2.06. The minimum atomic E-state index is -0.161. The smallest absolute Gasteiger partial charge is 0.127 e. The fourth-order valence-corrected chi connectivity index (χ4v) is 2.22. The summed E-state index contributed by atoms with van der Waals surface area (Å²) in [4.78, 5) is 0. The second-order valence-corrected chi connectivity index (χ2v) is 5.16. The van der Waals surface area contributed by atoms with Crippen molar-refractivity contribution in [2.24, 2.45) is 0 Å². The number of hydrogen-bond acceptors (Lipinski definition) is 1. The lowest BCUT2D eigenvalue weighted by molar-refractivity contribution is 0.544. The lowest BCUT2D eigenvalue weighted by atomic mass is 10.1. The molecule has 2 aromatic carbocycles. The molecule has 1 nitrogen and oxygen atoms in total. The zero-order chi connectivity index (χ0) is 13.0. The quantitative estimate of drug-likeness (QED) is 0.880. The first kappa shape index (κ1) is 13.2. The lowest BCUT2D eigenvalue weighted by Gasteiger charge is -2.15. The van der Waals surface area contributed by atoms with Gasteiger partial charge >= 0.3 is 0 Å². The van der Waals surface area contributed by atoms with Gasteiger partial charge in [-0.15, -0.1) is 0 Å². The number of nitrogens with one attached hydrogen (secondary N) is 1. The molecule has 0 saturated carbocycles. The number of hydrogen-bond donors (Lipinski definition) is 1. The van der Waals surface area contributed by atoms with Gasteiger partial charge in [0.1, 0.15) is 5.82 Å². The molecular weight excluding hydrogens is 293 g/mol. The Kier molecular flexibility index (Phi) is 4.50. The van der Waals surface area contributed by atoms with E-state index in [0.29, 0.717) is 12.1 Å². The predicted molar refractivity (Wildman–Crippen MR) is 75.8 cm³/mol. The molecule has 0 saturated heterocycles. The number of benzene rings is 2. The normalized spacial score (nSPS) is 12.4. The van der Waals surface area contributed by atoms with E-state index in [0.717, 1.165) is 4.47 Å². The van der Waals surface area contributed by atoms with E-state index in [9.17, 15) is 4.39 Å². The third kappa shape index (κ3) is 3.40. The number of rotatable bonds is 4. The Balaban J connectivity index is 2.00. The fraction of sp³-hybridized carbons (Fsp3) is 0.200. The maximum atomic E-state index is 13.5. The monoisotopic (exact) mass is 307 g/mol. The second kappa shape index (κ2) is 6.12. The van der Waals surface area contributed by atoms with Gasteiger partial charge in [-0.25, -0.2) is 4.39 Å². The number of halogens is 2. The molecule has 3 heteroatoms. The summed E-state index contributed by atoms with van der Waals surface area (Å²) < 4.78 is 14.5. The molecule has 0 fully saturated rings. The summed E-state index contributed by atoms with van der Waals surface area (Å²) in [6.45, 7) is 2.60. The molecule has 0 aliphatic rings.